The van der Waals surface area contributed by atoms with Gasteiger partial charge >= 0.3 is 6.03 Å². The predicted molar refractivity (Wildman–Crippen MR) is 84.9 cm³/mol. The van der Waals surface area contributed by atoms with E-state index >= 15 is 0 Å². The van der Waals surface area contributed by atoms with Crippen LogP contribution in [-0.2, 0) is 4.74 Å². The second-order valence-corrected chi connectivity index (χ2v) is 5.61. The van der Waals surface area contributed by atoms with E-state index < -0.39 is 0 Å². The first-order valence-electron chi connectivity index (χ1n) is 7.49. The summed E-state index contributed by atoms with van der Waals surface area (Å²) >= 11 is 0. The highest BCUT2D eigenvalue weighted by Gasteiger charge is 2.11. The van der Waals surface area contributed by atoms with E-state index in [0.29, 0.717) is 6.54 Å². The molecule has 0 atom stereocenters. The molecule has 0 aliphatic carbocycles. The zero-order chi connectivity index (χ0) is 15.2. The number of benzene rings is 1. The van der Waals surface area contributed by atoms with Gasteiger partial charge in [0.1, 0.15) is 0 Å². The lowest BCUT2D eigenvalue weighted by Crippen LogP contribution is -2.42. The van der Waals surface area contributed by atoms with Crippen LogP contribution >= 0.6 is 0 Å². The summed E-state index contributed by atoms with van der Waals surface area (Å²) in [5.41, 5.74) is 4.31. The number of nitrogens with one attached hydrogen (secondary N) is 2. The van der Waals surface area contributed by atoms with Gasteiger partial charge in [-0.3, -0.25) is 4.90 Å². The van der Waals surface area contributed by atoms with Crippen LogP contribution in [0, 0.1) is 20.8 Å². The molecule has 5 nitrogen and oxygen atoms in total. The van der Waals surface area contributed by atoms with Crippen molar-refractivity contribution in [3.63, 3.8) is 0 Å². The van der Waals surface area contributed by atoms with Crippen LogP contribution in [0.25, 0.3) is 0 Å². The quantitative estimate of drug-likeness (QED) is 0.893. The Morgan fingerprint density at radius 2 is 1.81 bits per heavy atom. The maximum absolute atomic E-state index is 12.0. The van der Waals surface area contributed by atoms with Crippen LogP contribution in [0.15, 0.2) is 12.1 Å². The van der Waals surface area contributed by atoms with E-state index in [1.165, 1.54) is 5.56 Å². The molecule has 0 saturated carbocycles. The number of hydrogen-bond donors (Lipinski definition) is 2. The number of anilines is 1. The Hall–Kier alpha value is -1.59. The van der Waals surface area contributed by atoms with Crippen LogP contribution < -0.4 is 10.6 Å². The van der Waals surface area contributed by atoms with Gasteiger partial charge in [0.05, 0.1) is 13.2 Å². The van der Waals surface area contributed by atoms with Gasteiger partial charge in [0, 0.05) is 31.9 Å². The average molecular weight is 291 g/mol. The van der Waals surface area contributed by atoms with Crippen molar-refractivity contribution in [2.24, 2.45) is 0 Å². The van der Waals surface area contributed by atoms with Crippen LogP contribution in [0.4, 0.5) is 10.5 Å². The molecule has 1 saturated heterocycles. The van der Waals surface area contributed by atoms with Crippen molar-refractivity contribution >= 4 is 11.7 Å². The zero-order valence-electron chi connectivity index (χ0n) is 13.2. The molecular weight excluding hydrogens is 266 g/mol. The van der Waals surface area contributed by atoms with Gasteiger partial charge in [-0.25, -0.2) is 4.79 Å². The van der Waals surface area contributed by atoms with Crippen LogP contribution in [-0.4, -0.2) is 50.3 Å². The molecule has 0 aromatic heterocycles. The van der Waals surface area contributed by atoms with E-state index in [-0.39, 0.29) is 6.03 Å². The van der Waals surface area contributed by atoms with Gasteiger partial charge < -0.3 is 15.4 Å². The number of urea groups is 1. The van der Waals surface area contributed by atoms with Crippen LogP contribution in [0.1, 0.15) is 16.7 Å². The smallest absolute Gasteiger partial charge is 0.319 e. The normalized spacial score (nSPS) is 15.8. The Labute approximate surface area is 126 Å². The molecule has 0 unspecified atom stereocenters. The van der Waals surface area contributed by atoms with Crippen molar-refractivity contribution in [2.75, 3.05) is 44.7 Å². The highest BCUT2D eigenvalue weighted by molar-refractivity contribution is 5.91. The second-order valence-electron chi connectivity index (χ2n) is 5.61. The van der Waals surface area contributed by atoms with Gasteiger partial charge in [-0.1, -0.05) is 17.7 Å². The molecule has 21 heavy (non-hydrogen) atoms. The molecule has 1 aromatic carbocycles. The van der Waals surface area contributed by atoms with E-state index in [9.17, 15) is 4.79 Å². The summed E-state index contributed by atoms with van der Waals surface area (Å²) in [6.07, 6.45) is 0. The van der Waals surface area contributed by atoms with Crippen molar-refractivity contribution < 1.29 is 9.53 Å². The van der Waals surface area contributed by atoms with Gasteiger partial charge in [0.25, 0.3) is 0 Å². The van der Waals surface area contributed by atoms with Gasteiger partial charge in [-0.05, 0) is 31.9 Å². The van der Waals surface area contributed by atoms with E-state index in [2.05, 4.69) is 34.6 Å². The number of nitrogens with zero attached hydrogens (tertiary/aromatic N) is 1. The SMILES string of the molecule is Cc1cc(C)c(NC(=O)NCCN2CCOCC2)c(C)c1. The standard InChI is InChI=1S/C16H25N3O2/c1-12-10-13(2)15(14(3)11-12)18-16(20)17-4-5-19-6-8-21-9-7-19/h10-11H,4-9H2,1-3H3,(H2,17,18,20). The van der Waals surface area contributed by atoms with Crippen molar-refractivity contribution in [2.45, 2.75) is 20.8 Å². The minimum Gasteiger partial charge on any atom is -0.379 e. The maximum Gasteiger partial charge on any atom is 0.319 e. The largest absolute Gasteiger partial charge is 0.379 e. The summed E-state index contributed by atoms with van der Waals surface area (Å²) in [5.74, 6) is 0. The lowest BCUT2D eigenvalue weighted by atomic mass is 10.1. The van der Waals surface area contributed by atoms with Gasteiger partial charge in [0.2, 0.25) is 0 Å². The lowest BCUT2D eigenvalue weighted by molar-refractivity contribution is 0.0388. The number of aryl methyl sites for hydroxylation is 3. The molecule has 1 aliphatic heterocycles. The monoisotopic (exact) mass is 291 g/mol. The summed E-state index contributed by atoms with van der Waals surface area (Å²) in [5, 5.41) is 5.87. The number of ether oxygens (including phenoxy) is 1. The fourth-order valence-electron chi connectivity index (χ4n) is 2.69. The van der Waals surface area contributed by atoms with Gasteiger partial charge in [-0.15, -0.1) is 0 Å². The third-order valence-electron chi connectivity index (χ3n) is 3.73. The van der Waals surface area contributed by atoms with Gasteiger partial charge in [0.15, 0.2) is 0 Å². The number of amides is 2. The number of rotatable bonds is 4. The average Bonchev–Trinajstić information content (AvgIpc) is 2.44. The van der Waals surface area contributed by atoms with E-state index in [1.54, 1.807) is 0 Å². The number of carbonyl (C=O) groups excluding carboxylic acids is 1. The number of morpholine rings is 1. The lowest BCUT2D eigenvalue weighted by Gasteiger charge is -2.26. The van der Waals surface area contributed by atoms with E-state index in [1.807, 2.05) is 13.8 Å². The molecule has 1 aliphatic rings. The predicted octanol–water partition coefficient (Wildman–Crippen LogP) is 2.07. The van der Waals surface area contributed by atoms with Crippen molar-refractivity contribution in [1.82, 2.24) is 10.2 Å². The summed E-state index contributed by atoms with van der Waals surface area (Å²) < 4.78 is 5.30. The molecule has 1 fully saturated rings. The summed E-state index contributed by atoms with van der Waals surface area (Å²) in [7, 11) is 0. The molecule has 116 valence electrons. The Balaban J connectivity index is 1.79. The Morgan fingerprint density at radius 3 is 2.43 bits per heavy atom. The molecule has 2 N–H and O–H groups in total. The Kier molecular flexibility index (Phi) is 5.59. The molecule has 1 heterocycles. The summed E-state index contributed by atoms with van der Waals surface area (Å²) in [4.78, 5) is 14.3. The highest BCUT2D eigenvalue weighted by atomic mass is 16.5. The first-order valence-corrected chi connectivity index (χ1v) is 7.49. The Morgan fingerprint density at radius 1 is 1.19 bits per heavy atom. The van der Waals surface area contributed by atoms with E-state index in [0.717, 1.165) is 49.7 Å². The molecule has 0 radical (unpaired) electrons. The molecule has 5 heteroatoms. The second kappa shape index (κ2) is 7.43. The maximum atomic E-state index is 12.0. The minimum absolute atomic E-state index is 0.140. The topological polar surface area (TPSA) is 53.6 Å². The Bertz CT molecular complexity index is 473. The van der Waals surface area contributed by atoms with Crippen LogP contribution in [0.3, 0.4) is 0 Å². The third-order valence-corrected chi connectivity index (χ3v) is 3.73. The number of hydrogen-bond acceptors (Lipinski definition) is 3. The summed E-state index contributed by atoms with van der Waals surface area (Å²) in [6.45, 7) is 11.1. The molecule has 0 bridgehead atoms. The van der Waals surface area contributed by atoms with Crippen LogP contribution in [0.2, 0.25) is 0 Å². The first-order chi connectivity index (χ1) is 10.1. The van der Waals surface area contributed by atoms with Crippen LogP contribution in [0.5, 0.6) is 0 Å². The third kappa shape index (κ3) is 4.72. The number of carbonyl (C=O) groups is 1. The van der Waals surface area contributed by atoms with Crippen molar-refractivity contribution in [1.29, 1.82) is 0 Å². The molecule has 2 rings (SSSR count). The fraction of sp³-hybridized carbons (Fsp3) is 0.562. The van der Waals surface area contributed by atoms with Gasteiger partial charge in [-0.2, -0.15) is 0 Å². The summed E-state index contributed by atoms with van der Waals surface area (Å²) in [6, 6.07) is 4.02. The molecule has 2 amide bonds. The zero-order valence-corrected chi connectivity index (χ0v) is 13.2. The molecule has 0 spiro atoms. The molecular formula is C16H25N3O2. The molecule has 1 aromatic rings. The van der Waals surface area contributed by atoms with E-state index in [4.69, 9.17) is 4.74 Å². The first kappa shape index (κ1) is 15.8. The van der Waals surface area contributed by atoms with Crippen molar-refractivity contribution in [3.8, 4) is 0 Å². The highest BCUT2D eigenvalue weighted by Crippen LogP contribution is 2.21. The minimum atomic E-state index is -0.140. The van der Waals surface area contributed by atoms with Crippen molar-refractivity contribution in [3.05, 3.63) is 28.8 Å². The fourth-order valence-corrected chi connectivity index (χ4v) is 2.69.